The van der Waals surface area contributed by atoms with E-state index in [1.54, 1.807) is 12.1 Å². The molecule has 1 saturated carbocycles. The van der Waals surface area contributed by atoms with E-state index in [-0.39, 0.29) is 11.7 Å². The molecule has 0 bridgehead atoms. The van der Waals surface area contributed by atoms with Gasteiger partial charge in [-0.3, -0.25) is 9.69 Å². The molecule has 1 aromatic carbocycles. The Kier molecular flexibility index (Phi) is 6.29. The lowest BCUT2D eigenvalue weighted by atomic mass is 9.78. The number of carbonyl (C=O) groups is 1. The molecule has 4 nitrogen and oxygen atoms in total. The fraction of sp³-hybridized carbons (Fsp3) is 0.650. The summed E-state index contributed by atoms with van der Waals surface area (Å²) in [6, 6.07) is 6.49. The van der Waals surface area contributed by atoms with E-state index in [0.717, 1.165) is 18.9 Å². The second-order valence-corrected chi connectivity index (χ2v) is 7.38. The lowest BCUT2D eigenvalue weighted by Crippen LogP contribution is -2.52. The molecule has 1 aliphatic heterocycles. The fourth-order valence-corrected chi connectivity index (χ4v) is 4.19. The van der Waals surface area contributed by atoms with Gasteiger partial charge in [-0.05, 0) is 62.9 Å². The number of rotatable bonds is 6. The van der Waals surface area contributed by atoms with Crippen LogP contribution in [0.25, 0.3) is 0 Å². The van der Waals surface area contributed by atoms with Crippen LogP contribution in [0.4, 0.5) is 4.39 Å². The summed E-state index contributed by atoms with van der Waals surface area (Å²) in [5.41, 5.74) is 0. The molecule has 25 heavy (non-hydrogen) atoms. The molecule has 0 aromatic heterocycles. The first-order valence-corrected chi connectivity index (χ1v) is 9.50. The summed E-state index contributed by atoms with van der Waals surface area (Å²) in [6.07, 6.45) is 7.47. The number of nitrogens with zero attached hydrogens (tertiary/aromatic N) is 2. The third-order valence-electron chi connectivity index (χ3n) is 5.52. The molecule has 1 saturated heterocycles. The average Bonchev–Trinajstić information content (AvgIpc) is 2.63. The maximum Gasteiger partial charge on any atom is 0.236 e. The molecule has 1 amide bonds. The first-order chi connectivity index (χ1) is 12.1. The summed E-state index contributed by atoms with van der Waals surface area (Å²) in [5.74, 6) is 1.36. The molecule has 1 heterocycles. The molecule has 0 spiro atoms. The van der Waals surface area contributed by atoms with Gasteiger partial charge in [0, 0.05) is 19.1 Å². The van der Waals surface area contributed by atoms with Gasteiger partial charge in [0.1, 0.15) is 18.2 Å². The second-order valence-electron chi connectivity index (χ2n) is 7.38. The van der Waals surface area contributed by atoms with Crippen LogP contribution in [0.3, 0.4) is 0 Å². The first-order valence-electron chi connectivity index (χ1n) is 9.50. The number of fused-ring (bicyclic) bond motifs is 1. The Morgan fingerprint density at radius 2 is 1.92 bits per heavy atom. The number of amides is 1. The smallest absolute Gasteiger partial charge is 0.236 e. The minimum atomic E-state index is -0.266. The van der Waals surface area contributed by atoms with Crippen LogP contribution in [0.2, 0.25) is 0 Å². The number of halogens is 1. The van der Waals surface area contributed by atoms with Crippen molar-refractivity contribution in [2.75, 3.05) is 33.3 Å². The highest BCUT2D eigenvalue weighted by atomic mass is 19.1. The molecule has 1 aliphatic carbocycles. The van der Waals surface area contributed by atoms with Crippen molar-refractivity contribution in [3.63, 3.8) is 0 Å². The molecular formula is C20H29FN2O2. The van der Waals surface area contributed by atoms with Crippen LogP contribution < -0.4 is 4.74 Å². The van der Waals surface area contributed by atoms with Gasteiger partial charge in [-0.1, -0.05) is 12.8 Å². The van der Waals surface area contributed by atoms with Gasteiger partial charge in [0.15, 0.2) is 0 Å². The molecule has 3 rings (SSSR count). The SMILES string of the molecule is CN(CCOc1ccc(F)cc1)CC(=O)N1CCCC2CCCCC21. The van der Waals surface area contributed by atoms with Gasteiger partial charge in [0.05, 0.1) is 6.54 Å². The van der Waals surface area contributed by atoms with Gasteiger partial charge in [-0.2, -0.15) is 0 Å². The van der Waals surface area contributed by atoms with Crippen molar-refractivity contribution in [1.29, 1.82) is 0 Å². The predicted octanol–water partition coefficient (Wildman–Crippen LogP) is 3.32. The Balaban J connectivity index is 1.43. The predicted molar refractivity (Wildman–Crippen MR) is 96.1 cm³/mol. The quantitative estimate of drug-likeness (QED) is 0.791. The van der Waals surface area contributed by atoms with Crippen molar-refractivity contribution < 1.29 is 13.9 Å². The van der Waals surface area contributed by atoms with Crippen molar-refractivity contribution in [3.8, 4) is 5.75 Å². The van der Waals surface area contributed by atoms with E-state index in [4.69, 9.17) is 4.74 Å². The number of carbonyl (C=O) groups excluding carboxylic acids is 1. The van der Waals surface area contributed by atoms with Crippen LogP contribution >= 0.6 is 0 Å². The van der Waals surface area contributed by atoms with Crippen LogP contribution in [0.1, 0.15) is 38.5 Å². The van der Waals surface area contributed by atoms with Gasteiger partial charge in [0.2, 0.25) is 5.91 Å². The van der Waals surface area contributed by atoms with Gasteiger partial charge >= 0.3 is 0 Å². The van der Waals surface area contributed by atoms with E-state index in [0.29, 0.717) is 31.5 Å². The van der Waals surface area contributed by atoms with Crippen molar-refractivity contribution in [2.24, 2.45) is 5.92 Å². The zero-order chi connectivity index (χ0) is 17.6. The molecule has 5 heteroatoms. The van der Waals surface area contributed by atoms with E-state index < -0.39 is 0 Å². The van der Waals surface area contributed by atoms with Gasteiger partial charge in [-0.15, -0.1) is 0 Å². The van der Waals surface area contributed by atoms with Crippen molar-refractivity contribution in [2.45, 2.75) is 44.6 Å². The highest BCUT2D eigenvalue weighted by Gasteiger charge is 2.35. The standard InChI is InChI=1S/C20H29FN2O2/c1-22(13-14-25-18-10-8-17(21)9-11-18)15-20(24)23-12-4-6-16-5-2-3-7-19(16)23/h8-11,16,19H,2-7,12-15H2,1H3. The molecule has 2 fully saturated rings. The van der Waals surface area contributed by atoms with Crippen molar-refractivity contribution >= 4 is 5.91 Å². The lowest BCUT2D eigenvalue weighted by Gasteiger charge is -2.44. The molecule has 2 unspecified atom stereocenters. The molecule has 138 valence electrons. The summed E-state index contributed by atoms with van der Waals surface area (Å²) in [7, 11) is 1.95. The normalized spacial score (nSPS) is 23.4. The molecule has 1 aromatic rings. The molecule has 2 atom stereocenters. The third-order valence-corrected chi connectivity index (χ3v) is 5.52. The Morgan fingerprint density at radius 1 is 1.20 bits per heavy atom. The van der Waals surface area contributed by atoms with E-state index in [1.165, 1.54) is 44.2 Å². The highest BCUT2D eigenvalue weighted by molar-refractivity contribution is 5.78. The Hall–Kier alpha value is -1.62. The van der Waals surface area contributed by atoms with E-state index in [2.05, 4.69) is 4.90 Å². The maximum absolute atomic E-state index is 12.9. The number of likely N-dealkylation sites (tertiary alicyclic amines) is 1. The Bertz CT molecular complexity index is 561. The summed E-state index contributed by atoms with van der Waals surface area (Å²) < 4.78 is 18.5. The van der Waals surface area contributed by atoms with Gasteiger partial charge in [0.25, 0.3) is 0 Å². The average molecular weight is 348 g/mol. The maximum atomic E-state index is 12.9. The summed E-state index contributed by atoms with van der Waals surface area (Å²) in [6.45, 7) is 2.52. The third kappa shape index (κ3) is 4.94. The number of likely N-dealkylation sites (N-methyl/N-ethyl adjacent to an activating group) is 1. The van der Waals surface area contributed by atoms with Crippen molar-refractivity contribution in [3.05, 3.63) is 30.1 Å². The van der Waals surface area contributed by atoms with Crippen LogP contribution in [0.15, 0.2) is 24.3 Å². The fourth-order valence-electron chi connectivity index (χ4n) is 4.19. The van der Waals surface area contributed by atoms with Crippen LogP contribution in [-0.4, -0.2) is 55.0 Å². The molecule has 0 radical (unpaired) electrons. The second kappa shape index (κ2) is 8.65. The monoisotopic (exact) mass is 348 g/mol. The molecule has 2 aliphatic rings. The zero-order valence-electron chi connectivity index (χ0n) is 15.1. The Morgan fingerprint density at radius 3 is 2.72 bits per heavy atom. The minimum Gasteiger partial charge on any atom is -0.492 e. The molecular weight excluding hydrogens is 319 g/mol. The van der Waals surface area contributed by atoms with Crippen LogP contribution in [0, 0.1) is 11.7 Å². The van der Waals surface area contributed by atoms with Crippen LogP contribution in [-0.2, 0) is 4.79 Å². The number of piperidine rings is 1. The number of ether oxygens (including phenoxy) is 1. The first kappa shape index (κ1) is 18.2. The van der Waals surface area contributed by atoms with Gasteiger partial charge in [-0.25, -0.2) is 4.39 Å². The van der Waals surface area contributed by atoms with E-state index in [1.807, 2.05) is 11.9 Å². The summed E-state index contributed by atoms with van der Waals surface area (Å²) in [4.78, 5) is 16.9. The number of benzene rings is 1. The van der Waals surface area contributed by atoms with Crippen LogP contribution in [0.5, 0.6) is 5.75 Å². The molecule has 0 N–H and O–H groups in total. The zero-order valence-corrected chi connectivity index (χ0v) is 15.1. The number of hydrogen-bond donors (Lipinski definition) is 0. The minimum absolute atomic E-state index is 0.251. The highest BCUT2D eigenvalue weighted by Crippen LogP contribution is 2.35. The van der Waals surface area contributed by atoms with Gasteiger partial charge < -0.3 is 9.64 Å². The Labute approximate surface area is 149 Å². The largest absolute Gasteiger partial charge is 0.492 e. The topological polar surface area (TPSA) is 32.8 Å². The van der Waals surface area contributed by atoms with E-state index >= 15 is 0 Å². The summed E-state index contributed by atoms with van der Waals surface area (Å²) >= 11 is 0. The lowest BCUT2D eigenvalue weighted by molar-refractivity contribution is -0.138. The number of hydrogen-bond acceptors (Lipinski definition) is 3. The van der Waals surface area contributed by atoms with E-state index in [9.17, 15) is 9.18 Å². The summed E-state index contributed by atoms with van der Waals surface area (Å²) in [5, 5.41) is 0. The van der Waals surface area contributed by atoms with Crippen molar-refractivity contribution in [1.82, 2.24) is 9.80 Å².